The summed E-state index contributed by atoms with van der Waals surface area (Å²) in [6.45, 7) is 2.24. The average Bonchev–Trinajstić information content (AvgIpc) is 2.57. The van der Waals surface area contributed by atoms with Crippen LogP contribution in [-0.2, 0) is 4.79 Å². The van der Waals surface area contributed by atoms with Gasteiger partial charge in [0.15, 0.2) is 0 Å². The van der Waals surface area contributed by atoms with E-state index in [4.69, 9.17) is 5.73 Å². The lowest BCUT2D eigenvalue weighted by Gasteiger charge is -2.13. The van der Waals surface area contributed by atoms with Crippen molar-refractivity contribution in [1.82, 2.24) is 0 Å². The molecule has 1 unspecified atom stereocenters. The molecule has 23 heavy (non-hydrogen) atoms. The normalized spacial score (nSPS) is 12.0. The Morgan fingerprint density at radius 1 is 1.00 bits per heavy atom. The lowest BCUT2D eigenvalue weighted by molar-refractivity contribution is -0.109. The molecule has 3 heteroatoms. The van der Waals surface area contributed by atoms with Gasteiger partial charge in [-0.05, 0) is 18.1 Å². The number of primary amides is 1. The highest BCUT2D eigenvalue weighted by atomic mass is 16.1. The number of aldehydes is 1. The first-order chi connectivity index (χ1) is 11.2. The predicted octanol–water partition coefficient (Wildman–Crippen LogP) is 4.99. The van der Waals surface area contributed by atoms with Crippen molar-refractivity contribution in [2.24, 2.45) is 5.73 Å². The van der Waals surface area contributed by atoms with Crippen LogP contribution < -0.4 is 5.73 Å². The minimum Gasteiger partial charge on any atom is -0.366 e. The molecule has 0 aliphatic heterocycles. The molecule has 0 heterocycles. The van der Waals surface area contributed by atoms with E-state index in [2.05, 4.69) is 6.92 Å². The van der Waals surface area contributed by atoms with Crippen molar-refractivity contribution in [1.29, 1.82) is 0 Å². The molecule has 0 bridgehead atoms. The van der Waals surface area contributed by atoms with Gasteiger partial charge in [-0.1, -0.05) is 82.9 Å². The van der Waals surface area contributed by atoms with Crippen molar-refractivity contribution in [3.05, 3.63) is 35.4 Å². The first-order valence-electron chi connectivity index (χ1n) is 9.04. The predicted molar refractivity (Wildman–Crippen MR) is 95.6 cm³/mol. The van der Waals surface area contributed by atoms with Gasteiger partial charge in [-0.2, -0.15) is 0 Å². The zero-order chi connectivity index (χ0) is 16.9. The molecule has 0 aliphatic rings. The molecule has 128 valence electrons. The molecule has 0 spiro atoms. The number of rotatable bonds is 13. The third-order valence-corrected chi connectivity index (χ3v) is 4.41. The third-order valence-electron chi connectivity index (χ3n) is 4.41. The lowest BCUT2D eigenvalue weighted by Crippen LogP contribution is -2.16. The van der Waals surface area contributed by atoms with E-state index >= 15 is 0 Å². The molecule has 0 aromatic heterocycles. The monoisotopic (exact) mass is 317 g/mol. The van der Waals surface area contributed by atoms with E-state index in [0.717, 1.165) is 31.1 Å². The fourth-order valence-electron chi connectivity index (χ4n) is 3.02. The summed E-state index contributed by atoms with van der Waals surface area (Å²) in [5.41, 5.74) is 6.64. The molecule has 1 aromatic rings. The van der Waals surface area contributed by atoms with E-state index in [1.54, 1.807) is 12.1 Å². The lowest BCUT2D eigenvalue weighted by atomic mass is 9.90. The van der Waals surface area contributed by atoms with Crippen LogP contribution in [0.15, 0.2) is 24.3 Å². The van der Waals surface area contributed by atoms with Crippen molar-refractivity contribution in [2.75, 3.05) is 0 Å². The van der Waals surface area contributed by atoms with Crippen molar-refractivity contribution < 1.29 is 9.59 Å². The van der Waals surface area contributed by atoms with E-state index in [0.29, 0.717) is 5.56 Å². The van der Waals surface area contributed by atoms with Crippen LogP contribution in [-0.4, -0.2) is 12.2 Å². The van der Waals surface area contributed by atoms with Crippen LogP contribution in [0, 0.1) is 0 Å². The molecular formula is C20H31NO2. The number of amides is 1. The number of nitrogens with two attached hydrogens (primary N) is 1. The van der Waals surface area contributed by atoms with Gasteiger partial charge in [-0.3, -0.25) is 4.79 Å². The number of carbonyl (C=O) groups excluding carboxylic acids is 2. The Bertz CT molecular complexity index is 470. The summed E-state index contributed by atoms with van der Waals surface area (Å²) in [7, 11) is 0. The molecule has 2 N–H and O–H groups in total. The minimum atomic E-state index is -0.459. The van der Waals surface area contributed by atoms with Gasteiger partial charge in [0.05, 0.1) is 0 Å². The quantitative estimate of drug-likeness (QED) is 0.411. The highest BCUT2D eigenvalue weighted by molar-refractivity contribution is 5.95. The number of unbranched alkanes of at least 4 members (excludes halogenated alkanes) is 8. The SMILES string of the molecule is CCCCCCCCCCCC(C=O)c1ccccc1C(N)=O. The van der Waals surface area contributed by atoms with Gasteiger partial charge >= 0.3 is 0 Å². The Labute approximate surface area is 140 Å². The highest BCUT2D eigenvalue weighted by Crippen LogP contribution is 2.24. The maximum Gasteiger partial charge on any atom is 0.249 e. The van der Waals surface area contributed by atoms with Gasteiger partial charge in [0.25, 0.3) is 0 Å². The minimum absolute atomic E-state index is 0.219. The van der Waals surface area contributed by atoms with Crippen LogP contribution >= 0.6 is 0 Å². The molecule has 1 aromatic carbocycles. The van der Waals surface area contributed by atoms with E-state index in [1.165, 1.54) is 44.9 Å². The molecule has 1 amide bonds. The van der Waals surface area contributed by atoms with Gasteiger partial charge in [-0.15, -0.1) is 0 Å². The summed E-state index contributed by atoms with van der Waals surface area (Å²) < 4.78 is 0. The molecule has 0 fully saturated rings. The summed E-state index contributed by atoms with van der Waals surface area (Å²) in [6.07, 6.45) is 13.1. The van der Waals surface area contributed by atoms with Crippen LogP contribution in [0.3, 0.4) is 0 Å². The molecule has 0 saturated heterocycles. The zero-order valence-electron chi connectivity index (χ0n) is 14.4. The standard InChI is InChI=1S/C20H31NO2/c1-2-3-4-5-6-7-8-9-10-13-17(16-22)18-14-11-12-15-19(18)20(21)23/h11-12,14-17H,2-10,13H2,1H3,(H2,21,23). The summed E-state index contributed by atoms with van der Waals surface area (Å²) in [4.78, 5) is 22.9. The Hall–Kier alpha value is -1.64. The van der Waals surface area contributed by atoms with Crippen molar-refractivity contribution in [2.45, 2.75) is 77.0 Å². The number of benzene rings is 1. The third kappa shape index (κ3) is 7.45. The number of carbonyl (C=O) groups is 2. The number of hydrogen-bond donors (Lipinski definition) is 1. The maximum atomic E-state index is 11.5. The van der Waals surface area contributed by atoms with E-state index in [1.807, 2.05) is 12.1 Å². The van der Waals surface area contributed by atoms with E-state index < -0.39 is 5.91 Å². The van der Waals surface area contributed by atoms with Crippen LogP contribution in [0.5, 0.6) is 0 Å². The Kier molecular flexibility index (Phi) is 10.0. The Morgan fingerprint density at radius 2 is 1.57 bits per heavy atom. The second kappa shape index (κ2) is 11.9. The van der Waals surface area contributed by atoms with Gasteiger partial charge in [0.2, 0.25) is 5.91 Å². The summed E-state index contributed by atoms with van der Waals surface area (Å²) >= 11 is 0. The fraction of sp³-hybridized carbons (Fsp3) is 0.600. The second-order valence-corrected chi connectivity index (χ2v) is 6.31. The van der Waals surface area contributed by atoms with Crippen LogP contribution in [0.25, 0.3) is 0 Å². The number of hydrogen-bond acceptors (Lipinski definition) is 2. The average molecular weight is 317 g/mol. The van der Waals surface area contributed by atoms with Crippen molar-refractivity contribution in [3.8, 4) is 0 Å². The maximum absolute atomic E-state index is 11.5. The molecule has 3 nitrogen and oxygen atoms in total. The smallest absolute Gasteiger partial charge is 0.249 e. The van der Waals surface area contributed by atoms with Gasteiger partial charge in [0.1, 0.15) is 6.29 Å². The molecule has 1 atom stereocenters. The zero-order valence-corrected chi connectivity index (χ0v) is 14.4. The summed E-state index contributed by atoms with van der Waals surface area (Å²) in [5.74, 6) is -0.678. The molecule has 0 radical (unpaired) electrons. The van der Waals surface area contributed by atoms with Gasteiger partial charge < -0.3 is 10.5 Å². The second-order valence-electron chi connectivity index (χ2n) is 6.31. The highest BCUT2D eigenvalue weighted by Gasteiger charge is 2.16. The Balaban J connectivity index is 2.30. The summed E-state index contributed by atoms with van der Waals surface area (Å²) in [6, 6.07) is 7.18. The molecule has 0 saturated carbocycles. The van der Waals surface area contributed by atoms with Crippen molar-refractivity contribution >= 4 is 12.2 Å². The molecule has 1 rings (SSSR count). The topological polar surface area (TPSA) is 60.2 Å². The van der Waals surface area contributed by atoms with Crippen molar-refractivity contribution in [3.63, 3.8) is 0 Å². The van der Waals surface area contributed by atoms with Crippen LogP contribution in [0.2, 0.25) is 0 Å². The van der Waals surface area contributed by atoms with Gasteiger partial charge in [-0.25, -0.2) is 0 Å². The summed E-state index contributed by atoms with van der Waals surface area (Å²) in [5, 5.41) is 0. The van der Waals surface area contributed by atoms with E-state index in [-0.39, 0.29) is 5.92 Å². The largest absolute Gasteiger partial charge is 0.366 e. The first kappa shape index (κ1) is 19.4. The van der Waals surface area contributed by atoms with E-state index in [9.17, 15) is 9.59 Å². The molecular weight excluding hydrogens is 286 g/mol. The Morgan fingerprint density at radius 3 is 2.13 bits per heavy atom. The van der Waals surface area contributed by atoms with Gasteiger partial charge in [0, 0.05) is 11.5 Å². The first-order valence-corrected chi connectivity index (χ1v) is 9.04. The molecule has 0 aliphatic carbocycles. The fourth-order valence-corrected chi connectivity index (χ4v) is 3.02. The van der Waals surface area contributed by atoms with Crippen LogP contribution in [0.1, 0.15) is 93.0 Å². The van der Waals surface area contributed by atoms with Crippen LogP contribution in [0.4, 0.5) is 0 Å².